The summed E-state index contributed by atoms with van der Waals surface area (Å²) in [7, 11) is 0. The van der Waals surface area contributed by atoms with E-state index in [1.165, 1.54) is 4.90 Å². The van der Waals surface area contributed by atoms with Crippen molar-refractivity contribution >= 4 is 17.8 Å². The van der Waals surface area contributed by atoms with Crippen molar-refractivity contribution in [3.63, 3.8) is 0 Å². The normalized spacial score (nSPS) is 36.4. The Labute approximate surface area is 110 Å². The number of carbonyl (C=O) groups is 3. The van der Waals surface area contributed by atoms with Crippen LogP contribution in [0.25, 0.3) is 0 Å². The van der Waals surface area contributed by atoms with Crippen LogP contribution in [-0.4, -0.2) is 47.4 Å². The Morgan fingerprint density at radius 1 is 1.26 bits per heavy atom. The lowest BCUT2D eigenvalue weighted by Gasteiger charge is -2.32. The Kier molecular flexibility index (Phi) is 2.80. The van der Waals surface area contributed by atoms with Crippen molar-refractivity contribution in [1.29, 1.82) is 0 Å². The molecule has 2 aliphatic carbocycles. The molecule has 4 atom stereocenters. The molecule has 0 aromatic rings. The summed E-state index contributed by atoms with van der Waals surface area (Å²) < 4.78 is 0. The van der Waals surface area contributed by atoms with Gasteiger partial charge in [0, 0.05) is 13.1 Å². The Morgan fingerprint density at radius 2 is 1.95 bits per heavy atom. The van der Waals surface area contributed by atoms with Crippen LogP contribution in [0.5, 0.6) is 0 Å². The summed E-state index contributed by atoms with van der Waals surface area (Å²) in [5.74, 6) is -2.41. The Bertz CT molecular complexity index is 473. The minimum Gasteiger partial charge on any atom is -0.481 e. The van der Waals surface area contributed by atoms with Crippen LogP contribution >= 0.6 is 0 Å². The molecule has 1 heterocycles. The quantitative estimate of drug-likeness (QED) is 0.656. The van der Waals surface area contributed by atoms with Gasteiger partial charge in [-0.2, -0.15) is 0 Å². The van der Waals surface area contributed by atoms with Crippen molar-refractivity contribution in [2.45, 2.75) is 6.42 Å². The van der Waals surface area contributed by atoms with Crippen LogP contribution in [0.2, 0.25) is 0 Å². The fraction of sp³-hybridized carbons (Fsp3) is 0.615. The van der Waals surface area contributed by atoms with Gasteiger partial charge in [-0.05, 0) is 18.3 Å². The van der Waals surface area contributed by atoms with Crippen molar-refractivity contribution < 1.29 is 19.5 Å². The van der Waals surface area contributed by atoms with Gasteiger partial charge in [0.1, 0.15) is 0 Å². The first kappa shape index (κ1) is 12.2. The van der Waals surface area contributed by atoms with E-state index in [2.05, 4.69) is 5.32 Å². The highest BCUT2D eigenvalue weighted by atomic mass is 16.4. The molecule has 6 nitrogen and oxygen atoms in total. The fourth-order valence-electron chi connectivity index (χ4n) is 3.53. The minimum atomic E-state index is -0.906. The summed E-state index contributed by atoms with van der Waals surface area (Å²) in [6.45, 7) is 0.955. The molecule has 0 radical (unpaired) electrons. The van der Waals surface area contributed by atoms with Crippen LogP contribution in [0.15, 0.2) is 12.2 Å². The number of hydrogen-bond donors (Lipinski definition) is 2. The van der Waals surface area contributed by atoms with Crippen molar-refractivity contribution in [2.75, 3.05) is 19.6 Å². The molecule has 19 heavy (non-hydrogen) atoms. The Balaban J connectivity index is 1.80. The highest BCUT2D eigenvalue weighted by molar-refractivity contribution is 5.90. The molecule has 3 aliphatic rings. The number of carbonyl (C=O) groups excluding carboxylic acids is 2. The topological polar surface area (TPSA) is 86.7 Å². The SMILES string of the molecule is O=C1CN(C(=O)C2C3C=CC(C3)C2C(=O)O)CCN1. The zero-order valence-electron chi connectivity index (χ0n) is 10.4. The third-order valence-corrected chi connectivity index (χ3v) is 4.38. The molecule has 1 aliphatic heterocycles. The smallest absolute Gasteiger partial charge is 0.307 e. The predicted octanol–water partition coefficient (Wildman–Crippen LogP) is -0.532. The summed E-state index contributed by atoms with van der Waals surface area (Å²) in [4.78, 5) is 36.7. The standard InChI is InChI=1S/C13H16N2O4/c16-9-6-15(4-3-14-9)12(17)10-7-1-2-8(5-7)11(10)13(18)19/h1-2,7-8,10-11H,3-6H2,(H,14,16)(H,18,19). The number of hydrogen-bond acceptors (Lipinski definition) is 3. The van der Waals surface area contributed by atoms with E-state index in [0.717, 1.165) is 6.42 Å². The van der Waals surface area contributed by atoms with E-state index in [1.807, 2.05) is 12.2 Å². The Hall–Kier alpha value is -1.85. The van der Waals surface area contributed by atoms with Gasteiger partial charge in [-0.25, -0.2) is 0 Å². The summed E-state index contributed by atoms with van der Waals surface area (Å²) in [5, 5.41) is 12.0. The molecule has 2 fully saturated rings. The first-order chi connectivity index (χ1) is 9.08. The average Bonchev–Trinajstić information content (AvgIpc) is 2.97. The molecule has 0 aromatic heterocycles. The van der Waals surface area contributed by atoms with E-state index in [1.54, 1.807) is 0 Å². The van der Waals surface area contributed by atoms with Gasteiger partial charge in [0.15, 0.2) is 0 Å². The summed E-state index contributed by atoms with van der Waals surface area (Å²) in [6.07, 6.45) is 4.61. The molecule has 2 amide bonds. The summed E-state index contributed by atoms with van der Waals surface area (Å²) >= 11 is 0. The van der Waals surface area contributed by atoms with Crippen LogP contribution in [0, 0.1) is 23.7 Å². The monoisotopic (exact) mass is 264 g/mol. The van der Waals surface area contributed by atoms with E-state index in [9.17, 15) is 19.5 Å². The van der Waals surface area contributed by atoms with Crippen LogP contribution in [0.4, 0.5) is 0 Å². The summed E-state index contributed by atoms with van der Waals surface area (Å²) in [5.41, 5.74) is 0. The number of piperazine rings is 1. The molecule has 2 N–H and O–H groups in total. The molecule has 3 rings (SSSR count). The predicted molar refractivity (Wildman–Crippen MR) is 64.9 cm³/mol. The number of nitrogens with zero attached hydrogens (tertiary/aromatic N) is 1. The summed E-state index contributed by atoms with van der Waals surface area (Å²) in [6, 6.07) is 0. The number of allylic oxidation sites excluding steroid dienone is 2. The zero-order chi connectivity index (χ0) is 13.6. The van der Waals surface area contributed by atoms with E-state index < -0.39 is 17.8 Å². The lowest BCUT2D eigenvalue weighted by atomic mass is 9.82. The lowest BCUT2D eigenvalue weighted by Crippen LogP contribution is -2.53. The van der Waals surface area contributed by atoms with Crippen molar-refractivity contribution in [2.24, 2.45) is 23.7 Å². The number of carboxylic acid groups (broad SMARTS) is 1. The second kappa shape index (κ2) is 4.36. The zero-order valence-corrected chi connectivity index (χ0v) is 10.4. The lowest BCUT2D eigenvalue weighted by molar-refractivity contribution is -0.152. The van der Waals surface area contributed by atoms with Crippen LogP contribution < -0.4 is 5.32 Å². The molecular weight excluding hydrogens is 248 g/mol. The number of nitrogens with one attached hydrogen (secondary N) is 1. The van der Waals surface area contributed by atoms with Crippen molar-refractivity contribution in [3.8, 4) is 0 Å². The van der Waals surface area contributed by atoms with Gasteiger partial charge in [0.05, 0.1) is 18.4 Å². The molecule has 0 spiro atoms. The molecule has 102 valence electrons. The number of fused-ring (bicyclic) bond motifs is 2. The Morgan fingerprint density at radius 3 is 2.58 bits per heavy atom. The molecular formula is C13H16N2O4. The van der Waals surface area contributed by atoms with Crippen molar-refractivity contribution in [3.05, 3.63) is 12.2 Å². The molecule has 1 saturated heterocycles. The van der Waals surface area contributed by atoms with Crippen LogP contribution in [0.1, 0.15) is 6.42 Å². The van der Waals surface area contributed by atoms with Gasteiger partial charge >= 0.3 is 5.97 Å². The van der Waals surface area contributed by atoms with Crippen LogP contribution in [0.3, 0.4) is 0 Å². The van der Waals surface area contributed by atoms with Gasteiger partial charge in [-0.3, -0.25) is 14.4 Å². The fourth-order valence-corrected chi connectivity index (χ4v) is 3.53. The van der Waals surface area contributed by atoms with E-state index in [4.69, 9.17) is 0 Å². The first-order valence-electron chi connectivity index (χ1n) is 6.54. The van der Waals surface area contributed by atoms with Gasteiger partial charge in [0.25, 0.3) is 0 Å². The molecule has 0 aromatic carbocycles. The van der Waals surface area contributed by atoms with E-state index >= 15 is 0 Å². The molecule has 2 bridgehead atoms. The van der Waals surface area contributed by atoms with Crippen molar-refractivity contribution in [1.82, 2.24) is 10.2 Å². The van der Waals surface area contributed by atoms with Gasteiger partial charge in [0.2, 0.25) is 11.8 Å². The number of carboxylic acids is 1. The van der Waals surface area contributed by atoms with E-state index in [-0.39, 0.29) is 30.2 Å². The van der Waals surface area contributed by atoms with Gasteiger partial charge in [-0.1, -0.05) is 12.2 Å². The maximum Gasteiger partial charge on any atom is 0.307 e. The molecule has 4 unspecified atom stereocenters. The molecule has 6 heteroatoms. The minimum absolute atomic E-state index is 0.0172. The number of aliphatic carboxylic acids is 1. The average molecular weight is 264 g/mol. The largest absolute Gasteiger partial charge is 0.481 e. The first-order valence-corrected chi connectivity index (χ1v) is 6.54. The van der Waals surface area contributed by atoms with Crippen LogP contribution in [-0.2, 0) is 14.4 Å². The number of rotatable bonds is 2. The maximum absolute atomic E-state index is 12.5. The maximum atomic E-state index is 12.5. The highest BCUT2D eigenvalue weighted by Crippen LogP contribution is 2.48. The third kappa shape index (κ3) is 1.91. The van der Waals surface area contributed by atoms with Gasteiger partial charge in [-0.15, -0.1) is 0 Å². The third-order valence-electron chi connectivity index (χ3n) is 4.38. The second-order valence-corrected chi connectivity index (χ2v) is 5.45. The molecule has 1 saturated carbocycles. The highest BCUT2D eigenvalue weighted by Gasteiger charge is 2.52. The van der Waals surface area contributed by atoms with Gasteiger partial charge < -0.3 is 15.3 Å². The second-order valence-electron chi connectivity index (χ2n) is 5.45. The number of amides is 2. The van der Waals surface area contributed by atoms with E-state index in [0.29, 0.717) is 13.1 Å².